The van der Waals surface area contributed by atoms with Crippen LogP contribution in [0.15, 0.2) is 6.07 Å². The Morgan fingerprint density at radius 3 is 2.83 bits per heavy atom. The lowest BCUT2D eigenvalue weighted by molar-refractivity contribution is 0.0697. The average Bonchev–Trinajstić information content (AvgIpc) is 2.95. The molecule has 100 valence electrons. The van der Waals surface area contributed by atoms with E-state index in [1.54, 1.807) is 0 Å². The Morgan fingerprint density at radius 1 is 1.50 bits per heavy atom. The Balaban J connectivity index is 2.02. The number of ether oxygens (including phenoxy) is 1. The van der Waals surface area contributed by atoms with Crippen LogP contribution in [0.5, 0.6) is 5.75 Å². The van der Waals surface area contributed by atoms with Gasteiger partial charge in [-0.15, -0.1) is 11.3 Å². The molecule has 1 aromatic rings. The van der Waals surface area contributed by atoms with E-state index in [-0.39, 0.29) is 0 Å². The van der Waals surface area contributed by atoms with Crippen molar-refractivity contribution in [3.8, 4) is 5.75 Å². The molecule has 3 nitrogen and oxygen atoms in total. The quantitative estimate of drug-likeness (QED) is 0.849. The van der Waals surface area contributed by atoms with Crippen LogP contribution in [0.2, 0.25) is 0 Å². The molecule has 1 fully saturated rings. The highest BCUT2D eigenvalue weighted by Gasteiger charge is 2.20. The minimum Gasteiger partial charge on any atom is -0.491 e. The van der Waals surface area contributed by atoms with Crippen molar-refractivity contribution >= 4 is 17.3 Å². The van der Waals surface area contributed by atoms with Crippen LogP contribution < -0.4 is 4.74 Å². The van der Waals surface area contributed by atoms with Gasteiger partial charge in [0.05, 0.1) is 6.61 Å². The SMILES string of the molecule is CCCc1cc(OCC2CCCC2)c(C(=O)O)s1. The first-order valence-electron chi connectivity index (χ1n) is 6.69. The first-order chi connectivity index (χ1) is 8.70. The van der Waals surface area contributed by atoms with Gasteiger partial charge in [-0.3, -0.25) is 0 Å². The van der Waals surface area contributed by atoms with Crippen molar-refractivity contribution in [1.82, 2.24) is 0 Å². The van der Waals surface area contributed by atoms with E-state index in [2.05, 4.69) is 6.92 Å². The van der Waals surface area contributed by atoms with E-state index in [0.29, 0.717) is 23.2 Å². The third-order valence-corrected chi connectivity index (χ3v) is 4.55. The lowest BCUT2D eigenvalue weighted by Crippen LogP contribution is -2.09. The Morgan fingerprint density at radius 2 is 2.22 bits per heavy atom. The zero-order chi connectivity index (χ0) is 13.0. The van der Waals surface area contributed by atoms with Gasteiger partial charge in [0.1, 0.15) is 5.75 Å². The van der Waals surface area contributed by atoms with Crippen molar-refractivity contribution in [1.29, 1.82) is 0 Å². The second-order valence-corrected chi connectivity index (χ2v) is 6.06. The molecular weight excluding hydrogens is 248 g/mol. The molecule has 0 aromatic carbocycles. The van der Waals surface area contributed by atoms with Crippen molar-refractivity contribution in [2.75, 3.05) is 6.61 Å². The molecular formula is C14H20O3S. The summed E-state index contributed by atoms with van der Waals surface area (Å²) in [6, 6.07) is 1.91. The van der Waals surface area contributed by atoms with Gasteiger partial charge in [0, 0.05) is 4.88 Å². The molecule has 1 aliphatic carbocycles. The fourth-order valence-electron chi connectivity index (χ4n) is 2.43. The first kappa shape index (κ1) is 13.4. The molecule has 4 heteroatoms. The van der Waals surface area contributed by atoms with Gasteiger partial charge in [0.15, 0.2) is 4.88 Å². The predicted octanol–water partition coefficient (Wildman–Crippen LogP) is 3.97. The molecule has 0 bridgehead atoms. The van der Waals surface area contributed by atoms with Crippen LogP contribution in [0, 0.1) is 5.92 Å². The molecule has 0 atom stereocenters. The zero-order valence-electron chi connectivity index (χ0n) is 10.8. The van der Waals surface area contributed by atoms with Crippen molar-refractivity contribution < 1.29 is 14.6 Å². The number of thiophene rings is 1. The van der Waals surface area contributed by atoms with Gasteiger partial charge in [-0.1, -0.05) is 26.2 Å². The van der Waals surface area contributed by atoms with Crippen LogP contribution in [-0.2, 0) is 6.42 Å². The third-order valence-electron chi connectivity index (χ3n) is 3.39. The second kappa shape index (κ2) is 6.23. The highest BCUT2D eigenvalue weighted by Crippen LogP contribution is 2.32. The Bertz CT molecular complexity index is 405. The molecule has 0 radical (unpaired) electrons. The first-order valence-corrected chi connectivity index (χ1v) is 7.51. The maximum Gasteiger partial charge on any atom is 0.349 e. The smallest absolute Gasteiger partial charge is 0.349 e. The topological polar surface area (TPSA) is 46.5 Å². The van der Waals surface area contributed by atoms with Crippen molar-refractivity contribution in [3.63, 3.8) is 0 Å². The molecule has 1 N–H and O–H groups in total. The van der Waals surface area contributed by atoms with Gasteiger partial charge in [-0.2, -0.15) is 0 Å². The average molecular weight is 268 g/mol. The minimum atomic E-state index is -0.872. The third kappa shape index (κ3) is 3.25. The Hall–Kier alpha value is -1.03. The van der Waals surface area contributed by atoms with Crippen LogP contribution in [0.4, 0.5) is 0 Å². The molecule has 1 aliphatic rings. The number of rotatable bonds is 6. The van der Waals surface area contributed by atoms with Gasteiger partial charge in [-0.25, -0.2) is 4.79 Å². The van der Waals surface area contributed by atoms with Crippen LogP contribution in [0.25, 0.3) is 0 Å². The van der Waals surface area contributed by atoms with Crippen molar-refractivity contribution in [2.45, 2.75) is 45.4 Å². The Labute approximate surface area is 112 Å². The van der Waals surface area contributed by atoms with Gasteiger partial charge >= 0.3 is 5.97 Å². The molecule has 0 spiro atoms. The highest BCUT2D eigenvalue weighted by molar-refractivity contribution is 7.14. The van der Waals surface area contributed by atoms with Gasteiger partial charge < -0.3 is 9.84 Å². The van der Waals surface area contributed by atoms with E-state index in [4.69, 9.17) is 9.84 Å². The van der Waals surface area contributed by atoms with E-state index in [9.17, 15) is 4.79 Å². The molecule has 1 saturated carbocycles. The molecule has 0 amide bonds. The van der Waals surface area contributed by atoms with E-state index < -0.39 is 5.97 Å². The number of aromatic carboxylic acids is 1. The number of hydrogen-bond donors (Lipinski definition) is 1. The lowest BCUT2D eigenvalue weighted by atomic mass is 10.1. The number of aryl methyl sites for hydroxylation is 1. The number of carboxylic acid groups (broad SMARTS) is 1. The molecule has 0 saturated heterocycles. The molecule has 2 rings (SSSR count). The number of carboxylic acids is 1. The summed E-state index contributed by atoms with van der Waals surface area (Å²) in [5, 5.41) is 9.17. The van der Waals surface area contributed by atoms with E-state index in [0.717, 1.165) is 17.7 Å². The Kier molecular flexibility index (Phi) is 4.64. The summed E-state index contributed by atoms with van der Waals surface area (Å²) >= 11 is 1.35. The summed E-state index contributed by atoms with van der Waals surface area (Å²) in [5.41, 5.74) is 0. The summed E-state index contributed by atoms with van der Waals surface area (Å²) < 4.78 is 5.74. The van der Waals surface area contributed by atoms with E-state index in [1.165, 1.54) is 37.0 Å². The van der Waals surface area contributed by atoms with Crippen LogP contribution in [-0.4, -0.2) is 17.7 Å². The summed E-state index contributed by atoms with van der Waals surface area (Å²) in [6.07, 6.45) is 6.96. The monoisotopic (exact) mass is 268 g/mol. The van der Waals surface area contributed by atoms with E-state index >= 15 is 0 Å². The normalized spacial score (nSPS) is 16.1. The summed E-state index contributed by atoms with van der Waals surface area (Å²) in [7, 11) is 0. The van der Waals surface area contributed by atoms with Gasteiger partial charge in [-0.05, 0) is 31.2 Å². The van der Waals surface area contributed by atoms with Gasteiger partial charge in [0.2, 0.25) is 0 Å². The maximum absolute atomic E-state index is 11.2. The van der Waals surface area contributed by atoms with Crippen molar-refractivity contribution in [2.24, 2.45) is 5.92 Å². The predicted molar refractivity (Wildman–Crippen MR) is 72.7 cm³/mol. The molecule has 1 heterocycles. The van der Waals surface area contributed by atoms with Crippen LogP contribution in [0.3, 0.4) is 0 Å². The van der Waals surface area contributed by atoms with Gasteiger partial charge in [0.25, 0.3) is 0 Å². The van der Waals surface area contributed by atoms with Crippen LogP contribution in [0.1, 0.15) is 53.6 Å². The molecule has 18 heavy (non-hydrogen) atoms. The summed E-state index contributed by atoms with van der Waals surface area (Å²) in [4.78, 5) is 12.6. The number of carbonyl (C=O) groups is 1. The standard InChI is InChI=1S/C14H20O3S/c1-2-5-11-8-12(13(18-11)14(15)16)17-9-10-6-3-4-7-10/h8,10H,2-7,9H2,1H3,(H,15,16). The van der Waals surface area contributed by atoms with E-state index in [1.807, 2.05) is 6.07 Å². The zero-order valence-corrected chi connectivity index (χ0v) is 11.6. The second-order valence-electron chi connectivity index (χ2n) is 4.92. The molecule has 1 aromatic heterocycles. The summed E-state index contributed by atoms with van der Waals surface area (Å²) in [6.45, 7) is 2.77. The number of hydrogen-bond acceptors (Lipinski definition) is 3. The largest absolute Gasteiger partial charge is 0.491 e. The lowest BCUT2D eigenvalue weighted by Gasteiger charge is -2.10. The fraction of sp³-hybridized carbons (Fsp3) is 0.643. The fourth-order valence-corrected chi connectivity index (χ4v) is 3.47. The summed E-state index contributed by atoms with van der Waals surface area (Å²) in [5.74, 6) is 0.313. The molecule has 0 unspecified atom stereocenters. The highest BCUT2D eigenvalue weighted by atomic mass is 32.1. The minimum absolute atomic E-state index is 0.358. The molecule has 0 aliphatic heterocycles. The van der Waals surface area contributed by atoms with Crippen LogP contribution >= 0.6 is 11.3 Å². The van der Waals surface area contributed by atoms with Crippen molar-refractivity contribution in [3.05, 3.63) is 15.8 Å². The maximum atomic E-state index is 11.2.